The molecule has 3 nitrogen and oxygen atoms in total. The van der Waals surface area contributed by atoms with Gasteiger partial charge in [-0.15, -0.1) is 0 Å². The molecule has 0 spiro atoms. The van der Waals surface area contributed by atoms with Crippen molar-refractivity contribution in [1.29, 1.82) is 0 Å². The van der Waals surface area contributed by atoms with Crippen molar-refractivity contribution in [2.45, 2.75) is 26.9 Å². The summed E-state index contributed by atoms with van der Waals surface area (Å²) < 4.78 is 19.3. The van der Waals surface area contributed by atoms with Crippen molar-refractivity contribution < 1.29 is 9.13 Å². The molecule has 1 N–H and O–H groups in total. The molecule has 0 aliphatic rings. The van der Waals surface area contributed by atoms with Crippen LogP contribution >= 0.6 is 0 Å². The van der Waals surface area contributed by atoms with Gasteiger partial charge in [0.1, 0.15) is 17.4 Å². The number of nitrogens with one attached hydrogen (secondary N) is 1. The first-order valence-electron chi connectivity index (χ1n) is 6.92. The van der Waals surface area contributed by atoms with Crippen molar-refractivity contribution >= 4 is 11.0 Å². The highest BCUT2D eigenvalue weighted by Crippen LogP contribution is 2.28. The summed E-state index contributed by atoms with van der Waals surface area (Å²) in [7, 11) is 0. The summed E-state index contributed by atoms with van der Waals surface area (Å²) >= 11 is 0. The summed E-state index contributed by atoms with van der Waals surface area (Å²) in [5, 5.41) is 0. The number of benzene rings is 2. The topological polar surface area (TPSA) is 37.9 Å². The summed E-state index contributed by atoms with van der Waals surface area (Å²) in [4.78, 5) is 7.58. The van der Waals surface area contributed by atoms with E-state index < -0.39 is 0 Å². The Morgan fingerprint density at radius 3 is 2.57 bits per heavy atom. The zero-order valence-corrected chi connectivity index (χ0v) is 12.3. The zero-order valence-electron chi connectivity index (χ0n) is 12.3. The van der Waals surface area contributed by atoms with Crippen LogP contribution in [0, 0.1) is 19.7 Å². The monoisotopic (exact) mass is 284 g/mol. The third kappa shape index (κ3) is 2.61. The average molecular weight is 284 g/mol. The van der Waals surface area contributed by atoms with Gasteiger partial charge in [-0.1, -0.05) is 18.2 Å². The van der Waals surface area contributed by atoms with E-state index in [-0.39, 0.29) is 11.9 Å². The predicted molar refractivity (Wildman–Crippen MR) is 81.0 cm³/mol. The number of ether oxygens (including phenoxy) is 1. The molecule has 0 unspecified atom stereocenters. The Balaban J connectivity index is 1.91. The van der Waals surface area contributed by atoms with E-state index in [9.17, 15) is 4.39 Å². The lowest BCUT2D eigenvalue weighted by Crippen LogP contribution is -2.07. The SMILES string of the molecule is Cc1cccc(C)c1O[C@@H](C)c1nc2ccc(F)cc2[nH]1. The smallest absolute Gasteiger partial charge is 0.153 e. The predicted octanol–water partition coefficient (Wildman–Crippen LogP) is 4.46. The van der Waals surface area contributed by atoms with Crippen molar-refractivity contribution in [3.63, 3.8) is 0 Å². The fourth-order valence-corrected chi connectivity index (χ4v) is 2.41. The maximum absolute atomic E-state index is 13.2. The molecule has 0 saturated carbocycles. The highest BCUT2D eigenvalue weighted by Gasteiger charge is 2.15. The quantitative estimate of drug-likeness (QED) is 0.771. The molecule has 21 heavy (non-hydrogen) atoms. The standard InChI is InChI=1S/C17H17FN2O/c1-10-5-4-6-11(2)16(10)21-12(3)17-19-14-8-7-13(18)9-15(14)20-17/h4-9,12H,1-3H3,(H,19,20)/t12-/m0/s1. The van der Waals surface area contributed by atoms with Gasteiger partial charge in [0.2, 0.25) is 0 Å². The van der Waals surface area contributed by atoms with E-state index in [0.29, 0.717) is 11.3 Å². The Morgan fingerprint density at radius 2 is 1.86 bits per heavy atom. The molecule has 0 amide bonds. The second-order valence-electron chi connectivity index (χ2n) is 5.26. The third-order valence-electron chi connectivity index (χ3n) is 3.55. The summed E-state index contributed by atoms with van der Waals surface area (Å²) in [6.45, 7) is 5.96. The molecule has 0 saturated heterocycles. The normalized spacial score (nSPS) is 12.6. The minimum absolute atomic E-state index is 0.236. The summed E-state index contributed by atoms with van der Waals surface area (Å²) in [6.07, 6.45) is -0.236. The molecule has 3 aromatic rings. The number of nitrogens with zero attached hydrogens (tertiary/aromatic N) is 1. The van der Waals surface area contributed by atoms with Gasteiger partial charge in [0.25, 0.3) is 0 Å². The molecule has 0 aliphatic heterocycles. The summed E-state index contributed by atoms with van der Waals surface area (Å²) in [5.41, 5.74) is 3.60. The molecule has 2 aromatic carbocycles. The van der Waals surface area contributed by atoms with Crippen LogP contribution in [0.1, 0.15) is 30.0 Å². The number of hydrogen-bond donors (Lipinski definition) is 1. The number of rotatable bonds is 3. The number of halogens is 1. The van der Waals surface area contributed by atoms with Gasteiger partial charge in [-0.05, 0) is 50.1 Å². The third-order valence-corrected chi connectivity index (χ3v) is 3.55. The van der Waals surface area contributed by atoms with Gasteiger partial charge in [-0.25, -0.2) is 9.37 Å². The second kappa shape index (κ2) is 5.20. The van der Waals surface area contributed by atoms with Gasteiger partial charge in [0, 0.05) is 0 Å². The van der Waals surface area contributed by atoms with Crippen LogP contribution in [-0.4, -0.2) is 9.97 Å². The number of aryl methyl sites for hydroxylation is 2. The molecule has 0 aliphatic carbocycles. The number of imidazole rings is 1. The Labute approximate surface area is 122 Å². The van der Waals surface area contributed by atoms with E-state index in [1.165, 1.54) is 12.1 Å². The minimum Gasteiger partial charge on any atom is -0.482 e. The highest BCUT2D eigenvalue weighted by molar-refractivity contribution is 5.75. The Kier molecular flexibility index (Phi) is 3.37. The van der Waals surface area contributed by atoms with E-state index in [1.54, 1.807) is 6.07 Å². The maximum atomic E-state index is 13.2. The Bertz CT molecular complexity index is 774. The van der Waals surface area contributed by atoms with Gasteiger partial charge < -0.3 is 9.72 Å². The van der Waals surface area contributed by atoms with E-state index in [2.05, 4.69) is 9.97 Å². The van der Waals surface area contributed by atoms with Crippen LogP contribution in [0.15, 0.2) is 36.4 Å². The minimum atomic E-state index is -0.277. The fraction of sp³-hybridized carbons (Fsp3) is 0.235. The van der Waals surface area contributed by atoms with Crippen molar-refractivity contribution in [2.24, 2.45) is 0 Å². The lowest BCUT2D eigenvalue weighted by Gasteiger charge is -2.16. The fourth-order valence-electron chi connectivity index (χ4n) is 2.41. The molecule has 1 aromatic heterocycles. The number of H-pyrrole nitrogens is 1. The molecule has 1 heterocycles. The lowest BCUT2D eigenvalue weighted by molar-refractivity contribution is 0.215. The molecule has 3 rings (SSSR count). The van der Waals surface area contributed by atoms with Gasteiger partial charge in [0.05, 0.1) is 11.0 Å². The van der Waals surface area contributed by atoms with E-state index >= 15 is 0 Å². The van der Waals surface area contributed by atoms with Crippen LogP contribution in [0.25, 0.3) is 11.0 Å². The number of para-hydroxylation sites is 1. The molecule has 0 fully saturated rings. The number of hydrogen-bond acceptors (Lipinski definition) is 2. The number of aromatic nitrogens is 2. The molecular weight excluding hydrogens is 267 g/mol. The van der Waals surface area contributed by atoms with Crippen LogP contribution in [0.2, 0.25) is 0 Å². The van der Waals surface area contributed by atoms with E-state index in [0.717, 1.165) is 22.4 Å². The van der Waals surface area contributed by atoms with Crippen LogP contribution < -0.4 is 4.74 Å². The zero-order chi connectivity index (χ0) is 15.0. The van der Waals surface area contributed by atoms with Crippen LogP contribution in [0.5, 0.6) is 5.75 Å². The van der Waals surface area contributed by atoms with E-state index in [1.807, 2.05) is 39.0 Å². The highest BCUT2D eigenvalue weighted by atomic mass is 19.1. The lowest BCUT2D eigenvalue weighted by atomic mass is 10.1. The first-order valence-corrected chi connectivity index (χ1v) is 6.92. The molecule has 0 bridgehead atoms. The molecule has 0 radical (unpaired) electrons. The van der Waals surface area contributed by atoms with Crippen molar-refractivity contribution in [2.75, 3.05) is 0 Å². The molecule has 108 valence electrons. The Hall–Kier alpha value is -2.36. The van der Waals surface area contributed by atoms with Crippen LogP contribution in [0.3, 0.4) is 0 Å². The molecule has 1 atom stereocenters. The van der Waals surface area contributed by atoms with Crippen molar-refractivity contribution in [3.05, 3.63) is 59.2 Å². The molecule has 4 heteroatoms. The average Bonchev–Trinajstić information content (AvgIpc) is 2.86. The largest absolute Gasteiger partial charge is 0.482 e. The first-order chi connectivity index (χ1) is 10.0. The van der Waals surface area contributed by atoms with Crippen molar-refractivity contribution in [3.8, 4) is 5.75 Å². The van der Waals surface area contributed by atoms with E-state index in [4.69, 9.17) is 4.74 Å². The number of fused-ring (bicyclic) bond motifs is 1. The first kappa shape index (κ1) is 13.6. The maximum Gasteiger partial charge on any atom is 0.153 e. The van der Waals surface area contributed by atoms with Crippen LogP contribution in [0.4, 0.5) is 4.39 Å². The Morgan fingerprint density at radius 1 is 1.14 bits per heavy atom. The van der Waals surface area contributed by atoms with Crippen LogP contribution in [-0.2, 0) is 0 Å². The summed E-state index contributed by atoms with van der Waals surface area (Å²) in [5.74, 6) is 1.29. The van der Waals surface area contributed by atoms with Gasteiger partial charge >= 0.3 is 0 Å². The van der Waals surface area contributed by atoms with Crippen molar-refractivity contribution in [1.82, 2.24) is 9.97 Å². The summed E-state index contributed by atoms with van der Waals surface area (Å²) in [6, 6.07) is 10.6. The van der Waals surface area contributed by atoms with Gasteiger partial charge in [0.15, 0.2) is 6.10 Å². The second-order valence-corrected chi connectivity index (χ2v) is 5.26. The molecular formula is C17H17FN2O. The van der Waals surface area contributed by atoms with Gasteiger partial charge in [-0.3, -0.25) is 0 Å². The van der Waals surface area contributed by atoms with Gasteiger partial charge in [-0.2, -0.15) is 0 Å². The number of aromatic amines is 1.